The molecule has 4 heteroatoms. The van der Waals surface area contributed by atoms with Gasteiger partial charge in [0, 0.05) is 18.5 Å². The van der Waals surface area contributed by atoms with Gasteiger partial charge in [0.05, 0.1) is 17.1 Å². The summed E-state index contributed by atoms with van der Waals surface area (Å²) in [4.78, 5) is 6.16. The van der Waals surface area contributed by atoms with E-state index in [1.807, 2.05) is 17.4 Å². The average Bonchev–Trinajstić information content (AvgIpc) is 3.08. The number of fused-ring (bicyclic) bond motifs is 1. The fourth-order valence-corrected chi connectivity index (χ4v) is 3.22. The molecule has 0 aliphatic heterocycles. The van der Waals surface area contributed by atoms with Crippen molar-refractivity contribution in [1.29, 1.82) is 0 Å². The zero-order chi connectivity index (χ0) is 13.9. The highest BCUT2D eigenvalue weighted by molar-refractivity contribution is 7.09. The van der Waals surface area contributed by atoms with Crippen molar-refractivity contribution in [3.8, 4) is 0 Å². The number of rotatable bonds is 5. The fourth-order valence-electron chi connectivity index (χ4n) is 2.51. The summed E-state index contributed by atoms with van der Waals surface area (Å²) in [6.45, 7) is 3.15. The molecule has 0 aliphatic rings. The monoisotopic (exact) mass is 285 g/mol. The molecule has 1 N–H and O–H groups in total. The minimum absolute atomic E-state index is 0.257. The molecule has 0 radical (unpaired) electrons. The number of benzene rings is 1. The van der Waals surface area contributed by atoms with Gasteiger partial charge in [-0.15, -0.1) is 11.3 Å². The van der Waals surface area contributed by atoms with Crippen molar-refractivity contribution < 1.29 is 0 Å². The molecule has 1 atom stereocenters. The van der Waals surface area contributed by atoms with Crippen LogP contribution in [-0.4, -0.2) is 16.1 Å². The molecule has 104 valence electrons. The van der Waals surface area contributed by atoms with Gasteiger partial charge in [-0.25, -0.2) is 4.98 Å². The van der Waals surface area contributed by atoms with Crippen LogP contribution < -0.4 is 5.32 Å². The lowest BCUT2D eigenvalue weighted by atomic mass is 10.3. The number of thiophene rings is 1. The van der Waals surface area contributed by atoms with Gasteiger partial charge in [0.2, 0.25) is 0 Å². The molecular weight excluding hydrogens is 266 g/mol. The maximum atomic E-state index is 4.73. The predicted octanol–water partition coefficient (Wildman–Crippen LogP) is 3.53. The van der Waals surface area contributed by atoms with Crippen molar-refractivity contribution in [3.05, 3.63) is 52.5 Å². The Morgan fingerprint density at radius 2 is 2.10 bits per heavy atom. The number of nitrogens with zero attached hydrogens (tertiary/aromatic N) is 2. The summed E-state index contributed by atoms with van der Waals surface area (Å²) < 4.78 is 2.18. The van der Waals surface area contributed by atoms with E-state index in [0.29, 0.717) is 0 Å². The minimum atomic E-state index is 0.257. The van der Waals surface area contributed by atoms with Crippen LogP contribution in [0.4, 0.5) is 0 Å². The van der Waals surface area contributed by atoms with Crippen LogP contribution in [0.1, 0.15) is 23.7 Å². The quantitative estimate of drug-likeness (QED) is 0.777. The lowest BCUT2D eigenvalue weighted by Crippen LogP contribution is -2.23. The molecule has 0 bridgehead atoms. The topological polar surface area (TPSA) is 29.9 Å². The van der Waals surface area contributed by atoms with Gasteiger partial charge in [0.15, 0.2) is 0 Å². The van der Waals surface area contributed by atoms with E-state index >= 15 is 0 Å². The van der Waals surface area contributed by atoms with Gasteiger partial charge in [0.25, 0.3) is 0 Å². The third kappa shape index (κ3) is 2.62. The van der Waals surface area contributed by atoms with Crippen LogP contribution in [0.25, 0.3) is 11.0 Å². The lowest BCUT2D eigenvalue weighted by molar-refractivity contribution is 0.537. The molecule has 20 heavy (non-hydrogen) atoms. The minimum Gasteiger partial charge on any atom is -0.330 e. The van der Waals surface area contributed by atoms with E-state index in [2.05, 4.69) is 59.6 Å². The Morgan fingerprint density at radius 1 is 1.25 bits per heavy atom. The summed E-state index contributed by atoms with van der Waals surface area (Å²) in [6, 6.07) is 12.8. The number of imidazole rings is 1. The molecule has 3 rings (SSSR count). The lowest BCUT2D eigenvalue weighted by Gasteiger charge is -2.13. The Morgan fingerprint density at radius 3 is 2.85 bits per heavy atom. The molecule has 3 aromatic rings. The standard InChI is InChI=1S/C16H19N3S/c1-12(17-10-9-13-6-5-11-20-13)16-18-14-7-3-4-8-15(14)19(16)2/h3-8,11-12,17H,9-10H2,1-2H3. The molecule has 1 unspecified atom stereocenters. The SMILES string of the molecule is CC(NCCc1cccs1)c1nc2ccccc2n1C. The molecule has 2 aromatic heterocycles. The van der Waals surface area contributed by atoms with Gasteiger partial charge in [0.1, 0.15) is 5.82 Å². The predicted molar refractivity (Wildman–Crippen MR) is 85.2 cm³/mol. The molecule has 0 spiro atoms. The van der Waals surface area contributed by atoms with Crippen LogP contribution in [0.2, 0.25) is 0 Å². The Hall–Kier alpha value is -1.65. The van der Waals surface area contributed by atoms with E-state index in [4.69, 9.17) is 4.98 Å². The van der Waals surface area contributed by atoms with Crippen molar-refractivity contribution in [2.75, 3.05) is 6.54 Å². The summed E-state index contributed by atoms with van der Waals surface area (Å²) >= 11 is 1.82. The highest BCUT2D eigenvalue weighted by Crippen LogP contribution is 2.19. The Balaban J connectivity index is 1.69. The second-order valence-electron chi connectivity index (χ2n) is 5.02. The highest BCUT2D eigenvalue weighted by atomic mass is 32.1. The zero-order valence-corrected chi connectivity index (χ0v) is 12.7. The Labute approximate surface area is 123 Å². The first kappa shape index (κ1) is 13.3. The van der Waals surface area contributed by atoms with Crippen LogP contribution in [0.15, 0.2) is 41.8 Å². The second kappa shape index (κ2) is 5.77. The van der Waals surface area contributed by atoms with Gasteiger partial charge >= 0.3 is 0 Å². The van der Waals surface area contributed by atoms with Crippen molar-refractivity contribution >= 4 is 22.4 Å². The van der Waals surface area contributed by atoms with Crippen LogP contribution in [0.3, 0.4) is 0 Å². The maximum absolute atomic E-state index is 4.73. The molecule has 0 aliphatic carbocycles. The Kier molecular flexibility index (Phi) is 3.85. The van der Waals surface area contributed by atoms with Crippen molar-refractivity contribution in [2.45, 2.75) is 19.4 Å². The van der Waals surface area contributed by atoms with Gasteiger partial charge in [-0.05, 0) is 36.9 Å². The van der Waals surface area contributed by atoms with Gasteiger partial charge < -0.3 is 9.88 Å². The van der Waals surface area contributed by atoms with E-state index in [1.54, 1.807) is 0 Å². The van der Waals surface area contributed by atoms with Gasteiger partial charge in [-0.3, -0.25) is 0 Å². The van der Waals surface area contributed by atoms with Crippen LogP contribution in [0, 0.1) is 0 Å². The summed E-state index contributed by atoms with van der Waals surface area (Å²) in [7, 11) is 2.09. The smallest absolute Gasteiger partial charge is 0.126 e. The first-order valence-electron chi connectivity index (χ1n) is 6.93. The number of aromatic nitrogens is 2. The second-order valence-corrected chi connectivity index (χ2v) is 6.06. The van der Waals surface area contributed by atoms with E-state index in [9.17, 15) is 0 Å². The zero-order valence-electron chi connectivity index (χ0n) is 11.8. The first-order chi connectivity index (χ1) is 9.75. The van der Waals surface area contributed by atoms with Crippen LogP contribution in [0.5, 0.6) is 0 Å². The van der Waals surface area contributed by atoms with Gasteiger partial charge in [-0.2, -0.15) is 0 Å². The molecule has 0 amide bonds. The van der Waals surface area contributed by atoms with E-state index < -0.39 is 0 Å². The summed E-state index contributed by atoms with van der Waals surface area (Å²) in [5.74, 6) is 1.09. The molecule has 0 saturated heterocycles. The summed E-state index contributed by atoms with van der Waals surface area (Å²) in [6.07, 6.45) is 1.08. The normalized spacial score (nSPS) is 12.9. The molecule has 0 saturated carbocycles. The number of para-hydroxylation sites is 2. The third-order valence-corrected chi connectivity index (χ3v) is 4.55. The van der Waals surface area contributed by atoms with Gasteiger partial charge in [-0.1, -0.05) is 18.2 Å². The highest BCUT2D eigenvalue weighted by Gasteiger charge is 2.13. The summed E-state index contributed by atoms with van der Waals surface area (Å²) in [5.41, 5.74) is 2.26. The largest absolute Gasteiger partial charge is 0.330 e. The molecule has 1 aromatic carbocycles. The van der Waals surface area contributed by atoms with Crippen molar-refractivity contribution in [2.24, 2.45) is 7.05 Å². The third-order valence-electron chi connectivity index (χ3n) is 3.61. The number of hydrogen-bond donors (Lipinski definition) is 1. The average molecular weight is 285 g/mol. The molecule has 3 nitrogen and oxygen atoms in total. The maximum Gasteiger partial charge on any atom is 0.126 e. The van der Waals surface area contributed by atoms with Crippen LogP contribution in [-0.2, 0) is 13.5 Å². The van der Waals surface area contributed by atoms with Crippen LogP contribution >= 0.6 is 11.3 Å². The molecule has 0 fully saturated rings. The number of aryl methyl sites for hydroxylation is 1. The van der Waals surface area contributed by atoms with E-state index in [-0.39, 0.29) is 6.04 Å². The van der Waals surface area contributed by atoms with Crippen molar-refractivity contribution in [3.63, 3.8) is 0 Å². The summed E-state index contributed by atoms with van der Waals surface area (Å²) in [5, 5.41) is 5.69. The fraction of sp³-hybridized carbons (Fsp3) is 0.312. The molecule has 2 heterocycles. The molecular formula is C16H19N3S. The van der Waals surface area contributed by atoms with E-state index in [0.717, 1.165) is 24.3 Å². The van der Waals surface area contributed by atoms with Crippen molar-refractivity contribution in [1.82, 2.24) is 14.9 Å². The number of hydrogen-bond acceptors (Lipinski definition) is 3. The van der Waals surface area contributed by atoms with E-state index in [1.165, 1.54) is 10.4 Å². The Bertz CT molecular complexity index is 685. The first-order valence-corrected chi connectivity index (χ1v) is 7.81. The number of nitrogens with one attached hydrogen (secondary N) is 1.